The number of ether oxygens (including phenoxy) is 3. The lowest BCUT2D eigenvalue weighted by Gasteiger charge is -2.46. The number of aliphatic hydroxyl groups excluding tert-OH is 2. The van der Waals surface area contributed by atoms with Crippen LogP contribution < -0.4 is 0 Å². The molecule has 22 heavy (non-hydrogen) atoms. The maximum atomic E-state index is 11.2. The number of hydrogen-bond acceptors (Lipinski definition) is 6. The van der Waals surface area contributed by atoms with Gasteiger partial charge in [-0.25, -0.2) is 0 Å². The normalized spacial score (nSPS) is 38.3. The Morgan fingerprint density at radius 1 is 1.18 bits per heavy atom. The first-order valence-electron chi connectivity index (χ1n) is 7.39. The second-order valence-electron chi connectivity index (χ2n) is 5.78. The van der Waals surface area contributed by atoms with Crippen LogP contribution in [0.3, 0.4) is 0 Å². The van der Waals surface area contributed by atoms with E-state index in [9.17, 15) is 15.0 Å². The molecule has 0 spiro atoms. The lowest BCUT2D eigenvalue weighted by Crippen LogP contribution is -2.61. The van der Waals surface area contributed by atoms with E-state index in [4.69, 9.17) is 14.2 Å². The Morgan fingerprint density at radius 2 is 1.91 bits per heavy atom. The highest BCUT2D eigenvalue weighted by Crippen LogP contribution is 2.34. The number of ketones is 1. The summed E-state index contributed by atoms with van der Waals surface area (Å²) in [5.41, 5.74) is 0.841. The molecule has 0 unspecified atom stereocenters. The van der Waals surface area contributed by atoms with Crippen LogP contribution in [0.2, 0.25) is 0 Å². The SMILES string of the molecule is CC(=O)C[C@@H]1O[C@@H]2CO[C@@H](c3ccccc3)O[C@H]2[C@H](O)[C@H]1O. The lowest BCUT2D eigenvalue weighted by atomic mass is 9.92. The predicted octanol–water partition coefficient (Wildman–Crippen LogP) is 0.569. The van der Waals surface area contributed by atoms with Crippen molar-refractivity contribution in [3.63, 3.8) is 0 Å². The average molecular weight is 308 g/mol. The van der Waals surface area contributed by atoms with E-state index < -0.39 is 36.8 Å². The number of benzene rings is 1. The topological polar surface area (TPSA) is 85.2 Å². The number of fused-ring (bicyclic) bond motifs is 1. The number of aliphatic hydroxyl groups is 2. The summed E-state index contributed by atoms with van der Waals surface area (Å²) in [5, 5.41) is 20.4. The Hall–Kier alpha value is -1.31. The van der Waals surface area contributed by atoms with Gasteiger partial charge in [-0.1, -0.05) is 30.3 Å². The molecule has 2 fully saturated rings. The highest BCUT2D eigenvalue weighted by atomic mass is 16.7. The molecule has 0 bridgehead atoms. The molecule has 1 aromatic carbocycles. The van der Waals surface area contributed by atoms with Gasteiger partial charge >= 0.3 is 0 Å². The molecule has 0 radical (unpaired) electrons. The average Bonchev–Trinajstić information content (AvgIpc) is 2.52. The van der Waals surface area contributed by atoms with Crippen molar-refractivity contribution in [2.45, 2.75) is 50.2 Å². The molecule has 6 heteroatoms. The van der Waals surface area contributed by atoms with Gasteiger partial charge in [0.1, 0.15) is 30.2 Å². The van der Waals surface area contributed by atoms with Crippen molar-refractivity contribution in [3.05, 3.63) is 35.9 Å². The summed E-state index contributed by atoms with van der Waals surface area (Å²) < 4.78 is 17.1. The fourth-order valence-corrected chi connectivity index (χ4v) is 2.92. The molecular weight excluding hydrogens is 288 g/mol. The van der Waals surface area contributed by atoms with Crippen LogP contribution in [-0.4, -0.2) is 53.1 Å². The minimum absolute atomic E-state index is 0.0591. The molecule has 0 saturated carbocycles. The number of rotatable bonds is 3. The van der Waals surface area contributed by atoms with Crippen molar-refractivity contribution in [2.75, 3.05) is 6.61 Å². The van der Waals surface area contributed by atoms with Crippen LogP contribution in [-0.2, 0) is 19.0 Å². The Bertz CT molecular complexity index is 517. The number of carbonyl (C=O) groups is 1. The van der Waals surface area contributed by atoms with Gasteiger partial charge in [0.15, 0.2) is 6.29 Å². The van der Waals surface area contributed by atoms with Crippen molar-refractivity contribution in [1.29, 1.82) is 0 Å². The van der Waals surface area contributed by atoms with Crippen molar-refractivity contribution in [2.24, 2.45) is 0 Å². The van der Waals surface area contributed by atoms with Crippen LogP contribution >= 0.6 is 0 Å². The summed E-state index contributed by atoms with van der Waals surface area (Å²) in [6.45, 7) is 1.66. The van der Waals surface area contributed by atoms with Crippen LogP contribution in [0.25, 0.3) is 0 Å². The monoisotopic (exact) mass is 308 g/mol. The van der Waals surface area contributed by atoms with Gasteiger partial charge in [-0.2, -0.15) is 0 Å². The molecule has 120 valence electrons. The molecule has 2 saturated heterocycles. The second-order valence-corrected chi connectivity index (χ2v) is 5.78. The standard InChI is InChI=1S/C16H20O6/c1-9(17)7-11-13(18)14(19)15-12(21-11)8-20-16(22-15)10-5-3-2-4-6-10/h2-6,11-16,18-19H,7-8H2,1H3/t11-,12+,13-,14+,15+,16+/m0/s1. The van der Waals surface area contributed by atoms with E-state index in [1.807, 2.05) is 30.3 Å². The van der Waals surface area contributed by atoms with Crippen LogP contribution in [0.15, 0.2) is 30.3 Å². The number of carbonyl (C=O) groups excluding carboxylic acids is 1. The number of hydrogen-bond donors (Lipinski definition) is 2. The van der Waals surface area contributed by atoms with E-state index in [2.05, 4.69) is 0 Å². The van der Waals surface area contributed by atoms with Crippen LogP contribution in [0, 0.1) is 0 Å². The van der Waals surface area contributed by atoms with E-state index in [0.717, 1.165) is 5.56 Å². The summed E-state index contributed by atoms with van der Waals surface area (Å²) in [7, 11) is 0. The first kappa shape index (κ1) is 15.6. The first-order chi connectivity index (χ1) is 10.6. The summed E-state index contributed by atoms with van der Waals surface area (Å²) in [4.78, 5) is 11.2. The largest absolute Gasteiger partial charge is 0.388 e. The summed E-state index contributed by atoms with van der Waals surface area (Å²) in [5.74, 6) is -0.102. The van der Waals surface area contributed by atoms with E-state index >= 15 is 0 Å². The quantitative estimate of drug-likeness (QED) is 0.849. The van der Waals surface area contributed by atoms with Gasteiger partial charge < -0.3 is 24.4 Å². The Labute approximate surface area is 128 Å². The molecule has 0 aromatic heterocycles. The molecule has 1 aromatic rings. The molecule has 2 aliphatic heterocycles. The minimum atomic E-state index is -1.15. The lowest BCUT2D eigenvalue weighted by molar-refractivity contribution is -0.328. The summed E-state index contributed by atoms with van der Waals surface area (Å²) in [6.07, 6.45) is -4.71. The van der Waals surface area contributed by atoms with E-state index in [-0.39, 0.29) is 18.8 Å². The van der Waals surface area contributed by atoms with Gasteiger partial charge in [0, 0.05) is 12.0 Å². The molecule has 0 aliphatic carbocycles. The highest BCUT2D eigenvalue weighted by Gasteiger charge is 2.48. The zero-order valence-electron chi connectivity index (χ0n) is 12.3. The predicted molar refractivity (Wildman–Crippen MR) is 76.0 cm³/mol. The Morgan fingerprint density at radius 3 is 2.59 bits per heavy atom. The maximum Gasteiger partial charge on any atom is 0.184 e. The molecule has 2 N–H and O–H groups in total. The molecule has 2 heterocycles. The van der Waals surface area contributed by atoms with Crippen LogP contribution in [0.1, 0.15) is 25.2 Å². The second kappa shape index (κ2) is 6.44. The van der Waals surface area contributed by atoms with E-state index in [1.54, 1.807) is 0 Å². The maximum absolute atomic E-state index is 11.2. The minimum Gasteiger partial charge on any atom is -0.388 e. The molecular formula is C16H20O6. The first-order valence-corrected chi connectivity index (χ1v) is 7.39. The van der Waals surface area contributed by atoms with Gasteiger partial charge in [0.2, 0.25) is 0 Å². The van der Waals surface area contributed by atoms with Crippen molar-refractivity contribution in [1.82, 2.24) is 0 Å². The molecule has 3 rings (SSSR count). The molecule has 0 amide bonds. The fourth-order valence-electron chi connectivity index (χ4n) is 2.92. The molecule has 6 atom stereocenters. The van der Waals surface area contributed by atoms with Crippen molar-refractivity contribution < 1.29 is 29.2 Å². The van der Waals surface area contributed by atoms with Crippen LogP contribution in [0.4, 0.5) is 0 Å². The smallest absolute Gasteiger partial charge is 0.184 e. The fraction of sp³-hybridized carbons (Fsp3) is 0.562. The Kier molecular flexibility index (Phi) is 4.56. The Balaban J connectivity index is 1.71. The molecule has 6 nitrogen and oxygen atoms in total. The zero-order valence-corrected chi connectivity index (χ0v) is 12.3. The van der Waals surface area contributed by atoms with Crippen molar-refractivity contribution in [3.8, 4) is 0 Å². The van der Waals surface area contributed by atoms with Crippen molar-refractivity contribution >= 4 is 5.78 Å². The van der Waals surface area contributed by atoms with Gasteiger partial charge in [-0.15, -0.1) is 0 Å². The van der Waals surface area contributed by atoms with Gasteiger partial charge in [0.25, 0.3) is 0 Å². The van der Waals surface area contributed by atoms with Crippen LogP contribution in [0.5, 0.6) is 0 Å². The van der Waals surface area contributed by atoms with Gasteiger partial charge in [0.05, 0.1) is 12.7 Å². The third-order valence-electron chi connectivity index (χ3n) is 4.04. The van der Waals surface area contributed by atoms with E-state index in [1.165, 1.54) is 6.92 Å². The van der Waals surface area contributed by atoms with Gasteiger partial charge in [-0.3, -0.25) is 4.79 Å². The number of Topliss-reactive ketones (excluding diaryl/α,β-unsaturated/α-hetero) is 1. The third kappa shape index (κ3) is 3.06. The highest BCUT2D eigenvalue weighted by molar-refractivity contribution is 5.76. The molecule has 2 aliphatic rings. The zero-order chi connectivity index (χ0) is 15.7. The third-order valence-corrected chi connectivity index (χ3v) is 4.04. The summed E-state index contributed by atoms with van der Waals surface area (Å²) in [6, 6.07) is 9.38. The van der Waals surface area contributed by atoms with Gasteiger partial charge in [-0.05, 0) is 6.92 Å². The summed E-state index contributed by atoms with van der Waals surface area (Å²) >= 11 is 0. The van der Waals surface area contributed by atoms with E-state index in [0.29, 0.717) is 0 Å².